The molecule has 0 saturated carbocycles. The number of nitrogens with two attached hydrogens (primary N) is 2. The lowest BCUT2D eigenvalue weighted by molar-refractivity contribution is -0.143. The maximum atomic E-state index is 12.4. The van der Waals surface area contributed by atoms with Crippen molar-refractivity contribution in [2.45, 2.75) is 50.9 Å². The number of rotatable bonds is 13. The molecule has 0 aromatic heterocycles. The van der Waals surface area contributed by atoms with Crippen molar-refractivity contribution in [2.75, 3.05) is 13.2 Å². The fourth-order valence-electron chi connectivity index (χ4n) is 2.14. The quantitative estimate of drug-likeness (QED) is 0.144. The molecule has 13 nitrogen and oxygen atoms in total. The summed E-state index contributed by atoms with van der Waals surface area (Å²) in [6, 6.07) is -5.35. The van der Waals surface area contributed by atoms with Gasteiger partial charge in [0.05, 0.1) is 19.3 Å². The summed E-state index contributed by atoms with van der Waals surface area (Å²) < 4.78 is 0. The van der Waals surface area contributed by atoms with Gasteiger partial charge in [-0.15, -0.1) is 0 Å². The van der Waals surface area contributed by atoms with Gasteiger partial charge in [0, 0.05) is 6.42 Å². The Kier molecular flexibility index (Phi) is 11.4. The van der Waals surface area contributed by atoms with Gasteiger partial charge in [-0.25, -0.2) is 4.79 Å². The maximum absolute atomic E-state index is 12.4. The Morgan fingerprint density at radius 2 is 1.38 bits per heavy atom. The largest absolute Gasteiger partial charge is 0.480 e. The van der Waals surface area contributed by atoms with Crippen LogP contribution in [0.25, 0.3) is 0 Å². The first-order valence-corrected chi connectivity index (χ1v) is 8.84. The van der Waals surface area contributed by atoms with Crippen molar-refractivity contribution in [3.8, 4) is 0 Å². The van der Waals surface area contributed by atoms with Crippen molar-refractivity contribution in [1.29, 1.82) is 0 Å². The third-order valence-electron chi connectivity index (χ3n) is 3.90. The smallest absolute Gasteiger partial charge is 0.328 e. The number of carboxylic acid groups (broad SMARTS) is 1. The zero-order valence-corrected chi connectivity index (χ0v) is 16.3. The van der Waals surface area contributed by atoms with Crippen LogP contribution in [0.1, 0.15) is 26.7 Å². The number of carbonyl (C=O) groups is 5. The molecule has 0 spiro atoms. The molecular weight excluding hydrogens is 390 g/mol. The van der Waals surface area contributed by atoms with Gasteiger partial charge in [-0.05, 0) is 12.3 Å². The lowest BCUT2D eigenvalue weighted by atomic mass is 10.0. The predicted octanol–water partition coefficient (Wildman–Crippen LogP) is -4.24. The van der Waals surface area contributed by atoms with E-state index in [1.807, 2.05) is 0 Å². The third-order valence-corrected chi connectivity index (χ3v) is 3.90. The molecule has 0 radical (unpaired) electrons. The highest BCUT2D eigenvalue weighted by atomic mass is 16.4. The summed E-state index contributed by atoms with van der Waals surface area (Å²) in [4.78, 5) is 58.3. The highest BCUT2D eigenvalue weighted by Gasteiger charge is 2.31. The minimum absolute atomic E-state index is 0.0598. The minimum Gasteiger partial charge on any atom is -0.480 e. The fourth-order valence-corrected chi connectivity index (χ4v) is 2.14. The van der Waals surface area contributed by atoms with E-state index in [1.165, 1.54) is 0 Å². The molecule has 0 aromatic rings. The number of hydrogen-bond acceptors (Lipinski definition) is 8. The molecule has 0 rings (SSSR count). The van der Waals surface area contributed by atoms with E-state index in [1.54, 1.807) is 13.8 Å². The fraction of sp³-hybridized carbons (Fsp3) is 0.688. The van der Waals surface area contributed by atoms with E-state index in [0.29, 0.717) is 0 Å². The SMILES string of the molecule is CC(C)C(NC(=O)C(CO)NC(=O)C(N)CCC(N)=O)C(=O)NC(CO)C(=O)O. The Labute approximate surface area is 167 Å². The average Bonchev–Trinajstić information content (AvgIpc) is 2.64. The average molecular weight is 419 g/mol. The van der Waals surface area contributed by atoms with Crippen molar-refractivity contribution >= 4 is 29.6 Å². The lowest BCUT2D eigenvalue weighted by Gasteiger charge is -2.26. The summed E-state index contributed by atoms with van der Waals surface area (Å²) in [5, 5.41) is 33.9. The molecule has 10 N–H and O–H groups in total. The Morgan fingerprint density at radius 1 is 0.862 bits per heavy atom. The monoisotopic (exact) mass is 419 g/mol. The van der Waals surface area contributed by atoms with E-state index in [0.717, 1.165) is 0 Å². The molecule has 0 aliphatic carbocycles. The number of carbonyl (C=O) groups excluding carboxylic acids is 4. The number of amides is 4. The van der Waals surface area contributed by atoms with Crippen molar-refractivity contribution in [3.63, 3.8) is 0 Å². The van der Waals surface area contributed by atoms with Gasteiger partial charge in [0.1, 0.15) is 18.1 Å². The van der Waals surface area contributed by atoms with Gasteiger partial charge < -0.3 is 42.7 Å². The second-order valence-corrected chi connectivity index (χ2v) is 6.67. The van der Waals surface area contributed by atoms with Crippen LogP contribution in [0.3, 0.4) is 0 Å². The third kappa shape index (κ3) is 9.32. The molecular formula is C16H29N5O8. The second kappa shape index (κ2) is 12.6. The van der Waals surface area contributed by atoms with Crippen LogP contribution in [0.15, 0.2) is 0 Å². The van der Waals surface area contributed by atoms with Crippen molar-refractivity contribution in [1.82, 2.24) is 16.0 Å². The van der Waals surface area contributed by atoms with Gasteiger partial charge in [-0.3, -0.25) is 19.2 Å². The van der Waals surface area contributed by atoms with Crippen LogP contribution < -0.4 is 27.4 Å². The van der Waals surface area contributed by atoms with Gasteiger partial charge in [-0.2, -0.15) is 0 Å². The number of carboxylic acids is 1. The molecule has 4 atom stereocenters. The van der Waals surface area contributed by atoms with Gasteiger partial charge in [0.2, 0.25) is 23.6 Å². The van der Waals surface area contributed by atoms with Gasteiger partial charge in [0.15, 0.2) is 0 Å². The van der Waals surface area contributed by atoms with E-state index >= 15 is 0 Å². The summed E-state index contributed by atoms with van der Waals surface area (Å²) in [6.45, 7) is 1.50. The van der Waals surface area contributed by atoms with E-state index in [-0.39, 0.29) is 12.8 Å². The Morgan fingerprint density at radius 3 is 1.79 bits per heavy atom. The van der Waals surface area contributed by atoms with Crippen LogP contribution >= 0.6 is 0 Å². The van der Waals surface area contributed by atoms with Crippen LogP contribution in [-0.4, -0.2) is 82.3 Å². The van der Waals surface area contributed by atoms with Gasteiger partial charge in [0.25, 0.3) is 0 Å². The number of hydrogen-bond donors (Lipinski definition) is 8. The van der Waals surface area contributed by atoms with Crippen LogP contribution in [0.5, 0.6) is 0 Å². The molecule has 0 heterocycles. The highest BCUT2D eigenvalue weighted by Crippen LogP contribution is 2.04. The van der Waals surface area contributed by atoms with Crippen molar-refractivity contribution in [3.05, 3.63) is 0 Å². The topological polar surface area (TPSA) is 234 Å². The molecule has 4 amide bonds. The summed E-state index contributed by atoms with van der Waals surface area (Å²) in [7, 11) is 0. The number of aliphatic hydroxyl groups is 2. The van der Waals surface area contributed by atoms with Crippen LogP contribution in [-0.2, 0) is 24.0 Å². The molecule has 0 aliphatic rings. The first-order valence-electron chi connectivity index (χ1n) is 8.84. The van der Waals surface area contributed by atoms with Gasteiger partial charge in [-0.1, -0.05) is 13.8 Å². The number of nitrogens with one attached hydrogen (secondary N) is 3. The first kappa shape index (κ1) is 26.2. The lowest BCUT2D eigenvalue weighted by Crippen LogP contribution is -2.59. The number of aliphatic hydroxyl groups excluding tert-OH is 2. The number of aliphatic carboxylic acids is 1. The van der Waals surface area contributed by atoms with E-state index < -0.39 is 72.9 Å². The van der Waals surface area contributed by atoms with E-state index in [4.69, 9.17) is 21.7 Å². The van der Waals surface area contributed by atoms with E-state index in [2.05, 4.69) is 16.0 Å². The molecule has 0 aliphatic heterocycles. The highest BCUT2D eigenvalue weighted by molar-refractivity contribution is 5.94. The zero-order chi connectivity index (χ0) is 22.7. The van der Waals surface area contributed by atoms with Crippen molar-refractivity contribution < 1.29 is 39.3 Å². The molecule has 29 heavy (non-hydrogen) atoms. The van der Waals surface area contributed by atoms with Crippen LogP contribution in [0.4, 0.5) is 0 Å². The maximum Gasteiger partial charge on any atom is 0.328 e. The van der Waals surface area contributed by atoms with Crippen molar-refractivity contribution in [2.24, 2.45) is 17.4 Å². The minimum atomic E-state index is -1.56. The zero-order valence-electron chi connectivity index (χ0n) is 16.3. The molecule has 0 bridgehead atoms. The Hall–Kier alpha value is -2.77. The predicted molar refractivity (Wildman–Crippen MR) is 98.8 cm³/mol. The molecule has 0 saturated heterocycles. The Balaban J connectivity index is 5.04. The standard InChI is InChI=1S/C16H29N5O8/c1-7(2)12(15(27)20-10(6-23)16(28)29)21-14(26)9(5-22)19-13(25)8(17)3-4-11(18)24/h7-10,12,22-23H,3-6,17H2,1-2H3,(H2,18,24)(H,19,25)(H,20,27)(H,21,26)(H,28,29). The van der Waals surface area contributed by atoms with Crippen LogP contribution in [0.2, 0.25) is 0 Å². The molecule has 166 valence electrons. The summed E-state index contributed by atoms with van der Waals surface area (Å²) in [6.07, 6.45) is -0.203. The summed E-state index contributed by atoms with van der Waals surface area (Å²) in [5.74, 6) is -5.18. The van der Waals surface area contributed by atoms with E-state index in [9.17, 15) is 29.1 Å². The molecule has 4 unspecified atom stereocenters. The Bertz CT molecular complexity index is 612. The van der Waals surface area contributed by atoms with Gasteiger partial charge >= 0.3 is 5.97 Å². The van der Waals surface area contributed by atoms with Crippen LogP contribution in [0, 0.1) is 5.92 Å². The number of primary amides is 1. The summed E-state index contributed by atoms with van der Waals surface area (Å²) >= 11 is 0. The second-order valence-electron chi connectivity index (χ2n) is 6.67. The first-order chi connectivity index (χ1) is 13.4. The normalized spacial score (nSPS) is 15.0. The molecule has 0 fully saturated rings. The molecule has 0 aromatic carbocycles. The summed E-state index contributed by atoms with van der Waals surface area (Å²) in [5.41, 5.74) is 10.6. The molecule has 13 heteroatoms.